The lowest BCUT2D eigenvalue weighted by atomic mass is 10.0. The first-order chi connectivity index (χ1) is 6.79. The predicted octanol–water partition coefficient (Wildman–Crippen LogP) is 1.95. The standard InChI is InChI=1S/C10H10ClNO2/c11-8-2-1-4-12-9(8)10(13)7-3-5-14-6-7/h1-2,4,7H,3,5-6H2. The van der Waals surface area contributed by atoms with Crippen LogP contribution in [0.2, 0.25) is 5.02 Å². The molecule has 0 aromatic carbocycles. The fourth-order valence-electron chi connectivity index (χ4n) is 1.50. The van der Waals surface area contributed by atoms with Crippen LogP contribution in [0.25, 0.3) is 0 Å². The summed E-state index contributed by atoms with van der Waals surface area (Å²) in [5.74, 6) is -0.0736. The van der Waals surface area contributed by atoms with E-state index in [0.29, 0.717) is 23.9 Å². The summed E-state index contributed by atoms with van der Waals surface area (Å²) >= 11 is 5.87. The molecule has 1 aliphatic heterocycles. The van der Waals surface area contributed by atoms with Crippen LogP contribution in [0.3, 0.4) is 0 Å². The molecule has 1 unspecified atom stereocenters. The number of carbonyl (C=O) groups is 1. The van der Waals surface area contributed by atoms with Gasteiger partial charge in [0.15, 0.2) is 5.78 Å². The number of nitrogens with zero attached hydrogens (tertiary/aromatic N) is 1. The van der Waals surface area contributed by atoms with Gasteiger partial charge in [0.2, 0.25) is 0 Å². The van der Waals surface area contributed by atoms with Gasteiger partial charge in [-0.25, -0.2) is 0 Å². The Hall–Kier alpha value is -0.930. The van der Waals surface area contributed by atoms with Crippen molar-refractivity contribution in [2.45, 2.75) is 6.42 Å². The Morgan fingerprint density at radius 2 is 2.50 bits per heavy atom. The third-order valence-corrected chi connectivity index (χ3v) is 2.60. The maximum absolute atomic E-state index is 11.8. The van der Waals surface area contributed by atoms with Crippen LogP contribution in [-0.4, -0.2) is 24.0 Å². The molecular weight excluding hydrogens is 202 g/mol. The Balaban J connectivity index is 2.22. The molecule has 2 heterocycles. The quantitative estimate of drug-likeness (QED) is 0.702. The van der Waals surface area contributed by atoms with Crippen LogP contribution >= 0.6 is 11.6 Å². The first-order valence-electron chi connectivity index (χ1n) is 4.51. The van der Waals surface area contributed by atoms with Crippen molar-refractivity contribution in [1.82, 2.24) is 4.98 Å². The zero-order valence-electron chi connectivity index (χ0n) is 7.57. The summed E-state index contributed by atoms with van der Waals surface area (Å²) in [6, 6.07) is 3.39. The minimum absolute atomic E-state index is 0.00639. The highest BCUT2D eigenvalue weighted by Gasteiger charge is 2.26. The third kappa shape index (κ3) is 1.79. The Morgan fingerprint density at radius 3 is 3.14 bits per heavy atom. The van der Waals surface area contributed by atoms with Gasteiger partial charge < -0.3 is 4.74 Å². The highest BCUT2D eigenvalue weighted by Crippen LogP contribution is 2.21. The van der Waals surface area contributed by atoms with Crippen LogP contribution < -0.4 is 0 Å². The van der Waals surface area contributed by atoms with E-state index in [1.807, 2.05) is 0 Å². The number of aromatic nitrogens is 1. The number of rotatable bonds is 2. The number of hydrogen-bond donors (Lipinski definition) is 0. The third-order valence-electron chi connectivity index (χ3n) is 2.29. The van der Waals surface area contributed by atoms with Crippen molar-refractivity contribution in [3.8, 4) is 0 Å². The molecule has 3 nitrogen and oxygen atoms in total. The minimum atomic E-state index is -0.0672. The van der Waals surface area contributed by atoms with Gasteiger partial charge in [-0.3, -0.25) is 9.78 Å². The van der Waals surface area contributed by atoms with Crippen LogP contribution in [0.15, 0.2) is 18.3 Å². The summed E-state index contributed by atoms with van der Waals surface area (Å²) in [5.41, 5.74) is 0.365. The Labute approximate surface area is 87.0 Å². The number of halogens is 1. The Morgan fingerprint density at radius 1 is 1.64 bits per heavy atom. The van der Waals surface area contributed by atoms with Gasteiger partial charge in [0, 0.05) is 18.7 Å². The lowest BCUT2D eigenvalue weighted by Crippen LogP contribution is -2.16. The topological polar surface area (TPSA) is 39.2 Å². The molecular formula is C10H10ClNO2. The van der Waals surface area contributed by atoms with Gasteiger partial charge in [-0.15, -0.1) is 0 Å². The number of ketones is 1. The fraction of sp³-hybridized carbons (Fsp3) is 0.400. The molecule has 0 amide bonds. The first-order valence-corrected chi connectivity index (χ1v) is 4.89. The Kier molecular flexibility index (Phi) is 2.79. The van der Waals surface area contributed by atoms with E-state index in [0.717, 1.165) is 6.42 Å². The molecule has 0 saturated carbocycles. The van der Waals surface area contributed by atoms with Crippen LogP contribution in [0.1, 0.15) is 16.9 Å². The SMILES string of the molecule is O=C(c1ncccc1Cl)C1CCOC1. The number of ether oxygens (including phenoxy) is 1. The molecule has 0 N–H and O–H groups in total. The molecule has 1 atom stereocenters. The summed E-state index contributed by atoms with van der Waals surface area (Å²) in [4.78, 5) is 15.8. The molecule has 74 valence electrons. The number of pyridine rings is 1. The van der Waals surface area contributed by atoms with Gasteiger partial charge in [-0.1, -0.05) is 11.6 Å². The monoisotopic (exact) mass is 211 g/mol. The zero-order valence-corrected chi connectivity index (χ0v) is 8.33. The molecule has 1 aromatic rings. The van der Waals surface area contributed by atoms with E-state index in [9.17, 15) is 4.79 Å². The van der Waals surface area contributed by atoms with Crippen molar-refractivity contribution in [1.29, 1.82) is 0 Å². The van der Waals surface area contributed by atoms with E-state index >= 15 is 0 Å². The number of carbonyl (C=O) groups excluding carboxylic acids is 1. The molecule has 1 saturated heterocycles. The molecule has 14 heavy (non-hydrogen) atoms. The molecule has 1 aromatic heterocycles. The summed E-state index contributed by atoms with van der Waals surface area (Å²) in [5, 5.41) is 0.421. The van der Waals surface area contributed by atoms with Gasteiger partial charge in [0.05, 0.1) is 11.6 Å². The summed E-state index contributed by atoms with van der Waals surface area (Å²) < 4.78 is 5.15. The minimum Gasteiger partial charge on any atom is -0.381 e. The summed E-state index contributed by atoms with van der Waals surface area (Å²) in [7, 11) is 0. The molecule has 0 spiro atoms. The van der Waals surface area contributed by atoms with Gasteiger partial charge >= 0.3 is 0 Å². The zero-order chi connectivity index (χ0) is 9.97. The number of hydrogen-bond acceptors (Lipinski definition) is 3. The highest BCUT2D eigenvalue weighted by molar-refractivity contribution is 6.33. The first kappa shape index (κ1) is 9.62. The van der Waals surface area contributed by atoms with Gasteiger partial charge in [0.1, 0.15) is 5.69 Å². The normalized spacial score (nSPS) is 21.1. The largest absolute Gasteiger partial charge is 0.381 e. The van der Waals surface area contributed by atoms with Crippen molar-refractivity contribution < 1.29 is 9.53 Å². The predicted molar refractivity (Wildman–Crippen MR) is 52.5 cm³/mol. The average molecular weight is 212 g/mol. The van der Waals surface area contributed by atoms with E-state index in [-0.39, 0.29) is 11.7 Å². The van der Waals surface area contributed by atoms with Crippen LogP contribution in [0, 0.1) is 5.92 Å². The Bertz CT molecular complexity index is 348. The van der Waals surface area contributed by atoms with Crippen molar-refractivity contribution in [3.63, 3.8) is 0 Å². The second-order valence-corrected chi connectivity index (χ2v) is 3.67. The second kappa shape index (κ2) is 4.07. The van der Waals surface area contributed by atoms with Crippen LogP contribution in [0.5, 0.6) is 0 Å². The van der Waals surface area contributed by atoms with E-state index in [1.165, 1.54) is 0 Å². The van der Waals surface area contributed by atoms with Crippen molar-refractivity contribution >= 4 is 17.4 Å². The molecule has 4 heteroatoms. The summed E-state index contributed by atoms with van der Waals surface area (Å²) in [6.45, 7) is 1.15. The second-order valence-electron chi connectivity index (χ2n) is 3.26. The highest BCUT2D eigenvalue weighted by atomic mass is 35.5. The van der Waals surface area contributed by atoms with Gasteiger partial charge in [-0.05, 0) is 18.6 Å². The smallest absolute Gasteiger partial charge is 0.188 e. The number of Topliss-reactive ketones (excluding diaryl/α,β-unsaturated/α-hetero) is 1. The molecule has 1 aliphatic rings. The van der Waals surface area contributed by atoms with E-state index in [1.54, 1.807) is 18.3 Å². The average Bonchev–Trinajstić information content (AvgIpc) is 2.70. The maximum Gasteiger partial charge on any atom is 0.188 e. The van der Waals surface area contributed by atoms with E-state index in [2.05, 4.69) is 4.98 Å². The maximum atomic E-state index is 11.8. The van der Waals surface area contributed by atoms with Crippen LogP contribution in [0.4, 0.5) is 0 Å². The molecule has 1 fully saturated rings. The molecule has 2 rings (SSSR count). The lowest BCUT2D eigenvalue weighted by Gasteiger charge is -2.06. The van der Waals surface area contributed by atoms with Gasteiger partial charge in [0.25, 0.3) is 0 Å². The van der Waals surface area contributed by atoms with Crippen LogP contribution in [-0.2, 0) is 4.74 Å². The van der Waals surface area contributed by atoms with E-state index < -0.39 is 0 Å². The molecule has 0 bridgehead atoms. The summed E-state index contributed by atoms with van der Waals surface area (Å²) in [6.07, 6.45) is 2.35. The molecule has 0 aliphatic carbocycles. The van der Waals surface area contributed by atoms with Crippen molar-refractivity contribution in [2.75, 3.05) is 13.2 Å². The molecule has 0 radical (unpaired) electrons. The fourth-order valence-corrected chi connectivity index (χ4v) is 1.72. The lowest BCUT2D eigenvalue weighted by molar-refractivity contribution is 0.0895. The van der Waals surface area contributed by atoms with Crippen molar-refractivity contribution in [3.05, 3.63) is 29.0 Å². The van der Waals surface area contributed by atoms with Gasteiger partial charge in [-0.2, -0.15) is 0 Å². The van der Waals surface area contributed by atoms with Crippen molar-refractivity contribution in [2.24, 2.45) is 5.92 Å². The van der Waals surface area contributed by atoms with E-state index in [4.69, 9.17) is 16.3 Å².